The van der Waals surface area contributed by atoms with Crippen molar-refractivity contribution >= 4 is 25.8 Å². The van der Waals surface area contributed by atoms with Crippen LogP contribution in [0.5, 0.6) is 0 Å². The van der Waals surface area contributed by atoms with Gasteiger partial charge in [-0.3, -0.25) is 6.29 Å². The molecule has 0 rings (SSSR count). The van der Waals surface area contributed by atoms with E-state index in [0.717, 1.165) is 6.29 Å². The van der Waals surface area contributed by atoms with Crippen LogP contribution >= 0.6 is 7.60 Å². The number of rotatable bonds is 7. The average Bonchev–Trinajstić information content (AvgIpc) is 2.09. The van der Waals surface area contributed by atoms with Gasteiger partial charge in [-0.1, -0.05) is 7.60 Å². The maximum Gasteiger partial charge on any atom is 1.00 e. The van der Waals surface area contributed by atoms with Crippen LogP contribution in [-0.2, 0) is 18.9 Å². The van der Waals surface area contributed by atoms with Gasteiger partial charge >= 0.3 is 148 Å². The molecule has 1 N–H and O–H groups in total. The molecule has 0 spiro atoms. The first-order chi connectivity index (χ1) is 7.17. The van der Waals surface area contributed by atoms with Crippen molar-refractivity contribution in [1.29, 1.82) is 0 Å². The van der Waals surface area contributed by atoms with Gasteiger partial charge in [0.15, 0.2) is 0 Å². The van der Waals surface area contributed by atoms with Gasteiger partial charge in [-0.15, -0.1) is 6.42 Å². The Hall–Kier alpha value is 3.72. The zero-order chi connectivity index (χ0) is 13.0. The fourth-order valence-electron chi connectivity index (χ4n) is 1.04. The van der Waals surface area contributed by atoms with Crippen molar-refractivity contribution in [3.63, 3.8) is 0 Å². The molecule has 0 saturated heterocycles. The molecule has 100 valence electrons. The molecule has 0 aliphatic heterocycles. The van der Waals surface area contributed by atoms with E-state index in [1.54, 1.807) is 0 Å². The molecule has 1 atom stereocenters. The molecule has 0 aromatic carbocycles. The maximum atomic E-state index is 10.8. The monoisotopic (exact) mass is 381 g/mol. The Labute approximate surface area is 238 Å². The number of hydrogen-bond acceptors (Lipinski definition) is 9. The summed E-state index contributed by atoms with van der Waals surface area (Å²) in [5.74, 6) is -4.06. The number of hydrogen-bond donors (Lipinski definition) is 0. The van der Waals surface area contributed by atoms with Crippen LogP contribution in [0.2, 0.25) is 0 Å². The summed E-state index contributed by atoms with van der Waals surface area (Å²) in [7, 11) is -5.75. The predicted molar refractivity (Wildman–Crippen MR) is 41.8 cm³/mol. The van der Waals surface area contributed by atoms with Gasteiger partial charge in [0.25, 0.3) is 0 Å². The van der Waals surface area contributed by atoms with E-state index in [0.29, 0.717) is 0 Å². The number of carbonyl (C=O) groups is 2. The molecule has 0 radical (unpaired) electrons. The van der Waals surface area contributed by atoms with Crippen LogP contribution in [-0.4, -0.2) is 28.9 Å². The Morgan fingerprint density at radius 3 is 1.55 bits per heavy atom. The van der Waals surface area contributed by atoms with Crippen LogP contribution in [0, 0.1) is 0 Å². The summed E-state index contributed by atoms with van der Waals surface area (Å²) in [5.41, 5.74) is 0. The molecule has 0 amide bonds. The summed E-state index contributed by atoms with van der Waals surface area (Å²) in [6.07, 6.45) is -2.39. The summed E-state index contributed by atoms with van der Waals surface area (Å²) in [4.78, 5) is 52.2. The molecule has 0 aliphatic carbocycles. The van der Waals surface area contributed by atoms with Crippen LogP contribution in [0.15, 0.2) is 0 Å². The molecule has 22 heavy (non-hydrogen) atoms. The molecule has 1 unspecified atom stereocenters. The summed E-state index contributed by atoms with van der Waals surface area (Å²) in [5, 5.41) is 17.6. The Balaban J connectivity index is -0.0000000750. The minimum absolute atomic E-state index is 0. The van der Waals surface area contributed by atoms with Crippen molar-refractivity contribution in [2.24, 2.45) is 0 Å². The van der Waals surface area contributed by atoms with Crippen LogP contribution in [0.25, 0.3) is 0 Å². The van der Waals surface area contributed by atoms with E-state index in [4.69, 9.17) is 0 Å². The van der Waals surface area contributed by atoms with Gasteiger partial charge in [0.05, 0.1) is 5.97 Å². The second-order valence-electron chi connectivity index (χ2n) is 3.01. The number of carboxylic acids is 2. The molecule has 0 aromatic heterocycles. The average molecular weight is 381 g/mol. The van der Waals surface area contributed by atoms with Gasteiger partial charge in [-0.05, 0) is 12.8 Å². The van der Waals surface area contributed by atoms with Gasteiger partial charge < -0.3 is 44.4 Å². The Morgan fingerprint density at radius 2 is 1.36 bits per heavy atom. The van der Waals surface area contributed by atoms with Crippen molar-refractivity contribution in [3.05, 3.63) is 0 Å². The molecule has 0 saturated carbocycles. The van der Waals surface area contributed by atoms with E-state index >= 15 is 0 Å². The summed E-state index contributed by atoms with van der Waals surface area (Å²) in [6, 6.07) is 0. The number of aliphatic carboxylic acids is 2. The summed E-state index contributed by atoms with van der Waals surface area (Å²) in [6.45, 7) is 0. The zero-order valence-electron chi connectivity index (χ0n) is 13.3. The van der Waals surface area contributed by atoms with Gasteiger partial charge in [0.2, 0.25) is 0 Å². The molecule has 0 fully saturated rings. The molecule has 0 aromatic rings. The van der Waals surface area contributed by atoms with Gasteiger partial charge in [0.1, 0.15) is 0 Å². The second kappa shape index (κ2) is 21.0. The molecule has 0 bridgehead atoms. The molecular weight excluding hydrogens is 374 g/mol. The van der Waals surface area contributed by atoms with Crippen molar-refractivity contribution in [2.75, 3.05) is 0 Å². The van der Waals surface area contributed by atoms with Crippen molar-refractivity contribution < 1.29 is 192 Å². The fraction of sp³-hybridized carbons (Fsp3) is 0.571. The normalized spacial score (nSPS) is 11.0. The Kier molecular flexibility index (Phi) is 42.9. The third-order valence-corrected chi connectivity index (χ3v) is 3.62. The quantitative estimate of drug-likeness (QED) is 0.234. The molecule has 0 aliphatic rings. The van der Waals surface area contributed by atoms with E-state index in [2.05, 4.69) is 0 Å². The summed E-state index contributed by atoms with van der Waals surface area (Å²) >= 11 is 0. The maximum absolute atomic E-state index is 10.8. The molecular formula is C7H7Na5O9P-. The number of carbonyl (C=O) groups excluding carboxylic acids is 3. The summed E-state index contributed by atoms with van der Waals surface area (Å²) < 4.78 is 10.8. The number of carboxylic acid groups (broad SMARTS) is 2. The smallest absolute Gasteiger partial charge is 0.870 e. The largest absolute Gasteiger partial charge is 1.00 e. The third-order valence-electron chi connectivity index (χ3n) is 2.01. The van der Waals surface area contributed by atoms with Gasteiger partial charge in [-0.2, -0.15) is 0 Å². The van der Waals surface area contributed by atoms with E-state index < -0.39 is 44.0 Å². The van der Waals surface area contributed by atoms with Crippen LogP contribution in [0.3, 0.4) is 0 Å². The first kappa shape index (κ1) is 44.8. The molecule has 0 heterocycles. The molecule has 9 nitrogen and oxygen atoms in total. The standard InChI is InChI=1S/C7H10O8P.5Na.H2O/c8-4-3-7(6(11)12,16(13,14)15)2-1-5(9)10;;;;;;/h1-3H2,(H,9,10)(H,11,12)(H2,13,14,15);;;;;;1H2/q-1;5*+1;/p-5. The minimum atomic E-state index is -5.75. The molecule has 15 heteroatoms. The van der Waals surface area contributed by atoms with Crippen molar-refractivity contribution in [1.82, 2.24) is 0 Å². The minimum Gasteiger partial charge on any atom is -0.870 e. The van der Waals surface area contributed by atoms with Crippen LogP contribution in [0.1, 0.15) is 19.3 Å². The van der Waals surface area contributed by atoms with Gasteiger partial charge in [0, 0.05) is 11.1 Å². The van der Waals surface area contributed by atoms with E-state index in [1.807, 2.05) is 0 Å². The Morgan fingerprint density at radius 1 is 1.00 bits per heavy atom. The predicted octanol–water partition coefficient (Wildman–Crippen LogP) is -19.7. The zero-order valence-corrected chi connectivity index (χ0v) is 24.2. The van der Waals surface area contributed by atoms with E-state index in [-0.39, 0.29) is 153 Å². The van der Waals surface area contributed by atoms with E-state index in [1.165, 1.54) is 0 Å². The third kappa shape index (κ3) is 14.8. The fourth-order valence-corrected chi connectivity index (χ4v) is 1.90. The van der Waals surface area contributed by atoms with Crippen molar-refractivity contribution in [3.8, 4) is 0 Å². The van der Waals surface area contributed by atoms with Crippen LogP contribution < -0.4 is 168 Å². The first-order valence-electron chi connectivity index (χ1n) is 3.96. The van der Waals surface area contributed by atoms with Gasteiger partial charge in [-0.25, -0.2) is 0 Å². The topological polar surface area (TPSA) is 191 Å². The van der Waals surface area contributed by atoms with E-state index in [9.17, 15) is 38.9 Å². The second-order valence-corrected chi connectivity index (χ2v) is 4.86. The van der Waals surface area contributed by atoms with Crippen LogP contribution in [0.4, 0.5) is 0 Å². The first-order valence-corrected chi connectivity index (χ1v) is 5.50. The Bertz CT molecular complexity index is 362. The van der Waals surface area contributed by atoms with Crippen molar-refractivity contribution in [2.45, 2.75) is 24.4 Å². The SMILES string of the molecule is O=[C-]CC(CCC(=O)[O-])(C(=O)[O-])P(=O)([O-])[O-].[Na+].[Na+].[Na+].[Na+].[Na+].[OH-].